The average Bonchev–Trinajstić information content (AvgIpc) is 2.32. The molecule has 2 rings (SSSR count). The van der Waals surface area contributed by atoms with Gasteiger partial charge in [-0.05, 0) is 36.2 Å². The lowest BCUT2D eigenvalue weighted by Crippen LogP contribution is -1.96. The second-order valence-electron chi connectivity index (χ2n) is 3.22. The summed E-state index contributed by atoms with van der Waals surface area (Å²) < 4.78 is 5.23. The highest BCUT2D eigenvalue weighted by molar-refractivity contribution is 6.28. The Kier molecular flexibility index (Phi) is 3.01. The van der Waals surface area contributed by atoms with E-state index in [1.54, 1.807) is 25.6 Å². The third-order valence-corrected chi connectivity index (χ3v) is 2.34. The first-order valence-corrected chi connectivity index (χ1v) is 5.08. The molecule has 0 aromatic carbocycles. The minimum Gasteiger partial charge on any atom is -0.494 e. The number of nitrogens with zero attached hydrogens (tertiary/aromatic N) is 3. The molecule has 0 radical (unpaired) electrons. The number of pyridine rings is 1. The monoisotopic (exact) mass is 235 g/mol. The molecule has 0 fully saturated rings. The van der Waals surface area contributed by atoms with Gasteiger partial charge in [0.1, 0.15) is 17.1 Å². The summed E-state index contributed by atoms with van der Waals surface area (Å²) in [7, 11) is 1.60. The lowest BCUT2D eigenvalue weighted by Gasteiger charge is -2.08. The van der Waals surface area contributed by atoms with E-state index in [0.717, 1.165) is 5.56 Å². The average molecular weight is 236 g/mol. The van der Waals surface area contributed by atoms with E-state index in [0.29, 0.717) is 17.1 Å². The second-order valence-corrected chi connectivity index (χ2v) is 3.56. The van der Waals surface area contributed by atoms with E-state index in [1.165, 1.54) is 0 Å². The fourth-order valence-electron chi connectivity index (χ4n) is 1.39. The third-order valence-electron chi connectivity index (χ3n) is 2.16. The Labute approximate surface area is 98.3 Å². The van der Waals surface area contributed by atoms with E-state index in [4.69, 9.17) is 16.3 Å². The molecular weight excluding hydrogens is 226 g/mol. The van der Waals surface area contributed by atoms with Gasteiger partial charge in [0.15, 0.2) is 0 Å². The van der Waals surface area contributed by atoms with E-state index in [1.807, 2.05) is 13.0 Å². The van der Waals surface area contributed by atoms with Crippen LogP contribution in [0.25, 0.3) is 11.4 Å². The van der Waals surface area contributed by atoms with Crippen molar-refractivity contribution in [2.45, 2.75) is 6.92 Å². The fraction of sp³-hybridized carbons (Fsp3) is 0.182. The van der Waals surface area contributed by atoms with Gasteiger partial charge >= 0.3 is 0 Å². The van der Waals surface area contributed by atoms with Gasteiger partial charge in [0.2, 0.25) is 5.28 Å². The molecule has 5 heteroatoms. The summed E-state index contributed by atoms with van der Waals surface area (Å²) in [6, 6.07) is 3.64. The van der Waals surface area contributed by atoms with Crippen LogP contribution in [-0.2, 0) is 0 Å². The number of methoxy groups -OCH3 is 1. The number of ether oxygens (including phenoxy) is 1. The Morgan fingerprint density at radius 1 is 1.25 bits per heavy atom. The van der Waals surface area contributed by atoms with E-state index >= 15 is 0 Å². The molecule has 2 heterocycles. The van der Waals surface area contributed by atoms with E-state index < -0.39 is 0 Å². The van der Waals surface area contributed by atoms with Gasteiger partial charge in [-0.15, -0.1) is 0 Å². The minimum absolute atomic E-state index is 0.202. The lowest BCUT2D eigenvalue weighted by molar-refractivity contribution is 0.414. The highest BCUT2D eigenvalue weighted by Crippen LogP contribution is 2.28. The molecule has 4 nitrogen and oxygen atoms in total. The van der Waals surface area contributed by atoms with Gasteiger partial charge in [0.05, 0.1) is 7.11 Å². The van der Waals surface area contributed by atoms with Crippen LogP contribution in [0.15, 0.2) is 24.5 Å². The molecule has 2 aromatic rings. The van der Waals surface area contributed by atoms with Crippen LogP contribution in [0.1, 0.15) is 5.56 Å². The Bertz CT molecular complexity index is 516. The predicted molar refractivity (Wildman–Crippen MR) is 61.6 cm³/mol. The van der Waals surface area contributed by atoms with Crippen molar-refractivity contribution in [3.63, 3.8) is 0 Å². The molecule has 0 saturated carbocycles. The predicted octanol–water partition coefficient (Wildman–Crippen LogP) is 2.51. The largest absolute Gasteiger partial charge is 0.494 e. The highest BCUT2D eigenvalue weighted by Gasteiger charge is 2.11. The molecule has 0 amide bonds. The van der Waals surface area contributed by atoms with E-state index in [2.05, 4.69) is 15.0 Å². The summed E-state index contributed by atoms with van der Waals surface area (Å²) in [5.41, 5.74) is 2.27. The first-order chi connectivity index (χ1) is 7.72. The molecule has 82 valence electrons. The Balaban J connectivity index is 2.62. The zero-order chi connectivity index (χ0) is 11.5. The Morgan fingerprint density at radius 2 is 2.06 bits per heavy atom. The molecule has 0 aliphatic heterocycles. The minimum atomic E-state index is 0.202. The van der Waals surface area contributed by atoms with Gasteiger partial charge in [0.25, 0.3) is 0 Å². The molecule has 2 aromatic heterocycles. The molecule has 0 spiro atoms. The van der Waals surface area contributed by atoms with Crippen molar-refractivity contribution in [3.8, 4) is 17.1 Å². The zero-order valence-corrected chi connectivity index (χ0v) is 9.69. The normalized spacial score (nSPS) is 10.2. The van der Waals surface area contributed by atoms with Crippen molar-refractivity contribution in [2.24, 2.45) is 0 Å². The van der Waals surface area contributed by atoms with Crippen LogP contribution in [0, 0.1) is 6.92 Å². The highest BCUT2D eigenvalue weighted by atomic mass is 35.5. The first kappa shape index (κ1) is 10.8. The van der Waals surface area contributed by atoms with Crippen LogP contribution in [0.5, 0.6) is 5.75 Å². The maximum absolute atomic E-state index is 5.77. The standard InChI is InChI=1S/C11H10ClN3O/c1-7-6-14-11(12)15-9(7)10-8(16-2)4-3-5-13-10/h3-6H,1-2H3. The zero-order valence-electron chi connectivity index (χ0n) is 8.94. The molecular formula is C11H10ClN3O. The molecule has 0 N–H and O–H groups in total. The SMILES string of the molecule is COc1cccnc1-c1nc(Cl)ncc1C. The van der Waals surface area contributed by atoms with Crippen molar-refractivity contribution in [1.82, 2.24) is 15.0 Å². The fourth-order valence-corrected chi connectivity index (χ4v) is 1.53. The number of aryl methyl sites for hydroxylation is 1. The van der Waals surface area contributed by atoms with Gasteiger partial charge < -0.3 is 4.74 Å². The van der Waals surface area contributed by atoms with Crippen LogP contribution < -0.4 is 4.74 Å². The van der Waals surface area contributed by atoms with Crippen LogP contribution in [0.3, 0.4) is 0 Å². The van der Waals surface area contributed by atoms with Gasteiger partial charge in [-0.1, -0.05) is 0 Å². The second kappa shape index (κ2) is 4.45. The van der Waals surface area contributed by atoms with Crippen LogP contribution in [-0.4, -0.2) is 22.1 Å². The summed E-state index contributed by atoms with van der Waals surface area (Å²) in [4.78, 5) is 12.3. The van der Waals surface area contributed by atoms with E-state index in [9.17, 15) is 0 Å². The summed E-state index contributed by atoms with van der Waals surface area (Å²) in [5, 5.41) is 0.202. The van der Waals surface area contributed by atoms with Crippen LogP contribution in [0.4, 0.5) is 0 Å². The quantitative estimate of drug-likeness (QED) is 0.751. The van der Waals surface area contributed by atoms with Crippen molar-refractivity contribution in [1.29, 1.82) is 0 Å². The van der Waals surface area contributed by atoms with Crippen LogP contribution in [0.2, 0.25) is 5.28 Å². The van der Waals surface area contributed by atoms with Crippen molar-refractivity contribution in [3.05, 3.63) is 35.4 Å². The number of halogens is 1. The van der Waals surface area contributed by atoms with Gasteiger partial charge in [-0.3, -0.25) is 4.98 Å². The lowest BCUT2D eigenvalue weighted by atomic mass is 10.1. The molecule has 16 heavy (non-hydrogen) atoms. The smallest absolute Gasteiger partial charge is 0.222 e. The van der Waals surface area contributed by atoms with Gasteiger partial charge in [0, 0.05) is 12.4 Å². The summed E-state index contributed by atoms with van der Waals surface area (Å²) in [5.74, 6) is 0.667. The van der Waals surface area contributed by atoms with Crippen molar-refractivity contribution >= 4 is 11.6 Å². The number of hydrogen-bond acceptors (Lipinski definition) is 4. The Morgan fingerprint density at radius 3 is 2.81 bits per heavy atom. The molecule has 0 aliphatic rings. The molecule has 0 bridgehead atoms. The third kappa shape index (κ3) is 1.97. The first-order valence-electron chi connectivity index (χ1n) is 4.71. The van der Waals surface area contributed by atoms with Gasteiger partial charge in [-0.25, -0.2) is 9.97 Å². The van der Waals surface area contributed by atoms with Gasteiger partial charge in [-0.2, -0.15) is 0 Å². The molecule has 0 atom stereocenters. The summed E-state index contributed by atoms with van der Waals surface area (Å²) >= 11 is 5.77. The summed E-state index contributed by atoms with van der Waals surface area (Å²) in [6.07, 6.45) is 3.35. The molecule has 0 aliphatic carbocycles. The summed E-state index contributed by atoms with van der Waals surface area (Å²) in [6.45, 7) is 1.90. The number of hydrogen-bond donors (Lipinski definition) is 0. The topological polar surface area (TPSA) is 47.9 Å². The molecule has 0 unspecified atom stereocenters. The molecule has 0 saturated heterocycles. The maximum Gasteiger partial charge on any atom is 0.222 e. The Hall–Kier alpha value is -1.68. The number of aromatic nitrogens is 3. The van der Waals surface area contributed by atoms with Crippen molar-refractivity contribution < 1.29 is 4.74 Å². The maximum atomic E-state index is 5.77. The number of rotatable bonds is 2. The van der Waals surface area contributed by atoms with Crippen LogP contribution >= 0.6 is 11.6 Å². The van der Waals surface area contributed by atoms with E-state index in [-0.39, 0.29) is 5.28 Å². The van der Waals surface area contributed by atoms with Crippen molar-refractivity contribution in [2.75, 3.05) is 7.11 Å².